The third-order valence-electron chi connectivity index (χ3n) is 2.25. The zero-order valence-electron chi connectivity index (χ0n) is 9.19. The van der Waals surface area contributed by atoms with Gasteiger partial charge in [-0.15, -0.1) is 6.42 Å². The minimum atomic E-state index is -1.07. The number of benzene rings is 1. The van der Waals surface area contributed by atoms with Crippen LogP contribution < -0.4 is 0 Å². The summed E-state index contributed by atoms with van der Waals surface area (Å²) < 4.78 is 12.0. The average Bonchev–Trinajstić information content (AvgIpc) is 2.26. The molecule has 1 nitrogen and oxygen atoms in total. The van der Waals surface area contributed by atoms with E-state index in [0.717, 1.165) is 17.7 Å². The first kappa shape index (κ1) is 12.0. The van der Waals surface area contributed by atoms with Crippen molar-refractivity contribution >= 4 is 10.8 Å². The molecular weight excluding hydrogens is 204 g/mol. The number of aryl methyl sites for hydroxylation is 1. The van der Waals surface area contributed by atoms with Crippen molar-refractivity contribution < 1.29 is 4.21 Å². The van der Waals surface area contributed by atoms with Crippen LogP contribution in [0.4, 0.5) is 0 Å². The van der Waals surface area contributed by atoms with Crippen molar-refractivity contribution in [1.82, 2.24) is 0 Å². The van der Waals surface area contributed by atoms with Crippen molar-refractivity contribution in [3.8, 4) is 12.3 Å². The topological polar surface area (TPSA) is 17.1 Å². The lowest BCUT2D eigenvalue weighted by molar-refractivity contribution is 0.672. The van der Waals surface area contributed by atoms with Gasteiger partial charge in [-0.05, 0) is 25.5 Å². The highest BCUT2D eigenvalue weighted by Crippen LogP contribution is 2.15. The lowest BCUT2D eigenvalue weighted by atomic mass is 10.2. The molecule has 0 fully saturated rings. The summed E-state index contributed by atoms with van der Waals surface area (Å²) in [6.07, 6.45) is 7.17. The molecule has 2 atom stereocenters. The second-order valence-corrected chi connectivity index (χ2v) is 5.19. The fourth-order valence-corrected chi connectivity index (χ4v) is 2.66. The molecule has 1 rings (SSSR count). The van der Waals surface area contributed by atoms with Crippen molar-refractivity contribution in [3.05, 3.63) is 29.8 Å². The maximum Gasteiger partial charge on any atom is 0.0999 e. The largest absolute Gasteiger partial charge is 0.253 e. The van der Waals surface area contributed by atoms with Crippen molar-refractivity contribution in [2.45, 2.75) is 36.8 Å². The van der Waals surface area contributed by atoms with Gasteiger partial charge in [-0.25, -0.2) is 0 Å². The first-order valence-electron chi connectivity index (χ1n) is 5.12. The van der Waals surface area contributed by atoms with Crippen LogP contribution in [0.2, 0.25) is 0 Å². The van der Waals surface area contributed by atoms with Crippen LogP contribution in [0.3, 0.4) is 0 Å². The Kier molecular flexibility index (Phi) is 4.58. The highest BCUT2D eigenvalue weighted by Gasteiger charge is 2.14. The van der Waals surface area contributed by atoms with Gasteiger partial charge < -0.3 is 0 Å². The van der Waals surface area contributed by atoms with E-state index in [4.69, 9.17) is 6.42 Å². The second kappa shape index (κ2) is 5.72. The summed E-state index contributed by atoms with van der Waals surface area (Å²) in [5, 5.41) is -0.155. The zero-order chi connectivity index (χ0) is 11.3. The molecule has 0 radical (unpaired) electrons. The maximum atomic E-state index is 12.0. The summed E-state index contributed by atoms with van der Waals surface area (Å²) in [6.45, 7) is 4.06. The minimum absolute atomic E-state index is 0.155. The van der Waals surface area contributed by atoms with Crippen LogP contribution in [0.5, 0.6) is 0 Å². The van der Waals surface area contributed by atoms with E-state index in [1.54, 1.807) is 0 Å². The standard InChI is InChI=1S/C13H16OS/c1-4-6-12(5-2)15(14)13-9-7-11(3)8-10-13/h2,7-10,12H,4,6H2,1,3H3. The number of rotatable bonds is 4. The van der Waals surface area contributed by atoms with Gasteiger partial charge in [0.05, 0.1) is 16.0 Å². The summed E-state index contributed by atoms with van der Waals surface area (Å²) in [6, 6.07) is 7.72. The predicted molar refractivity (Wildman–Crippen MR) is 65.1 cm³/mol. The summed E-state index contributed by atoms with van der Waals surface area (Å²) in [5.74, 6) is 2.62. The van der Waals surface area contributed by atoms with E-state index in [0.29, 0.717) is 0 Å². The Bertz CT molecular complexity index is 373. The summed E-state index contributed by atoms with van der Waals surface area (Å²) in [5.41, 5.74) is 1.17. The second-order valence-electron chi connectivity index (χ2n) is 3.55. The van der Waals surface area contributed by atoms with Crippen LogP contribution in [0, 0.1) is 19.3 Å². The molecule has 2 heteroatoms. The Hall–Kier alpha value is -1.07. The van der Waals surface area contributed by atoms with Crippen LogP contribution in [0.25, 0.3) is 0 Å². The summed E-state index contributed by atoms with van der Waals surface area (Å²) >= 11 is 0. The van der Waals surface area contributed by atoms with E-state index in [2.05, 4.69) is 12.8 Å². The predicted octanol–water partition coefficient (Wildman–Crippen LogP) is 2.90. The van der Waals surface area contributed by atoms with Gasteiger partial charge in [0.2, 0.25) is 0 Å². The van der Waals surface area contributed by atoms with Crippen molar-refractivity contribution in [1.29, 1.82) is 0 Å². The van der Waals surface area contributed by atoms with Gasteiger partial charge in [-0.2, -0.15) is 0 Å². The van der Waals surface area contributed by atoms with E-state index in [-0.39, 0.29) is 5.25 Å². The summed E-state index contributed by atoms with van der Waals surface area (Å²) in [4.78, 5) is 0.831. The Balaban J connectivity index is 2.84. The molecule has 15 heavy (non-hydrogen) atoms. The lowest BCUT2D eigenvalue weighted by Gasteiger charge is -2.09. The maximum absolute atomic E-state index is 12.0. The molecule has 0 aliphatic rings. The van der Waals surface area contributed by atoms with Gasteiger partial charge in [0, 0.05) is 4.90 Å². The van der Waals surface area contributed by atoms with E-state index < -0.39 is 10.8 Å². The Morgan fingerprint density at radius 3 is 2.47 bits per heavy atom. The van der Waals surface area contributed by atoms with Crippen molar-refractivity contribution in [2.24, 2.45) is 0 Å². The third kappa shape index (κ3) is 3.21. The smallest absolute Gasteiger partial charge is 0.0999 e. The molecular formula is C13H16OS. The normalized spacial score (nSPS) is 14.2. The minimum Gasteiger partial charge on any atom is -0.253 e. The molecule has 80 valence electrons. The molecule has 0 N–H and O–H groups in total. The molecule has 0 aliphatic carbocycles. The van der Waals surface area contributed by atoms with Crippen LogP contribution in [0.1, 0.15) is 25.3 Å². The Morgan fingerprint density at radius 2 is 2.00 bits per heavy atom. The molecule has 0 spiro atoms. The number of terminal acetylenes is 1. The van der Waals surface area contributed by atoms with Gasteiger partial charge in [0.25, 0.3) is 0 Å². The molecule has 1 aromatic rings. The SMILES string of the molecule is C#CC(CCC)S(=O)c1ccc(C)cc1. The van der Waals surface area contributed by atoms with Gasteiger partial charge in [-0.1, -0.05) is 37.0 Å². The molecule has 1 aromatic carbocycles. The molecule has 0 saturated carbocycles. The molecule has 0 aromatic heterocycles. The van der Waals surface area contributed by atoms with Gasteiger partial charge in [0.15, 0.2) is 0 Å². The number of hydrogen-bond acceptors (Lipinski definition) is 1. The van der Waals surface area contributed by atoms with Crippen LogP contribution >= 0.6 is 0 Å². The lowest BCUT2D eigenvalue weighted by Crippen LogP contribution is -2.12. The molecule has 0 saturated heterocycles. The van der Waals surface area contributed by atoms with Crippen molar-refractivity contribution in [2.75, 3.05) is 0 Å². The Morgan fingerprint density at radius 1 is 1.40 bits per heavy atom. The van der Waals surface area contributed by atoms with Crippen LogP contribution in [-0.2, 0) is 10.8 Å². The van der Waals surface area contributed by atoms with E-state index in [1.165, 1.54) is 5.56 Å². The first-order valence-corrected chi connectivity index (χ1v) is 6.33. The number of hydrogen-bond donors (Lipinski definition) is 0. The Labute approximate surface area is 94.4 Å². The van der Waals surface area contributed by atoms with E-state index in [9.17, 15) is 4.21 Å². The molecule has 0 heterocycles. The molecule has 2 unspecified atom stereocenters. The van der Waals surface area contributed by atoms with Gasteiger partial charge in [0.1, 0.15) is 0 Å². The van der Waals surface area contributed by atoms with Crippen LogP contribution in [-0.4, -0.2) is 9.46 Å². The van der Waals surface area contributed by atoms with Crippen molar-refractivity contribution in [3.63, 3.8) is 0 Å². The highest BCUT2D eigenvalue weighted by molar-refractivity contribution is 7.86. The van der Waals surface area contributed by atoms with Gasteiger partial charge in [-0.3, -0.25) is 4.21 Å². The average molecular weight is 220 g/mol. The quantitative estimate of drug-likeness (QED) is 0.713. The zero-order valence-corrected chi connectivity index (χ0v) is 10.0. The molecule has 0 amide bonds. The monoisotopic (exact) mass is 220 g/mol. The fraction of sp³-hybridized carbons (Fsp3) is 0.385. The third-order valence-corrected chi connectivity index (χ3v) is 3.87. The first-order chi connectivity index (χ1) is 7.19. The summed E-state index contributed by atoms with van der Waals surface area (Å²) in [7, 11) is -1.07. The molecule has 0 aliphatic heterocycles. The van der Waals surface area contributed by atoms with E-state index >= 15 is 0 Å². The van der Waals surface area contributed by atoms with E-state index in [1.807, 2.05) is 31.2 Å². The highest BCUT2D eigenvalue weighted by atomic mass is 32.2. The molecule has 0 bridgehead atoms. The van der Waals surface area contributed by atoms with Crippen LogP contribution in [0.15, 0.2) is 29.2 Å². The fourth-order valence-electron chi connectivity index (χ4n) is 1.35. The van der Waals surface area contributed by atoms with Gasteiger partial charge >= 0.3 is 0 Å².